The number of benzene rings is 1. The molecule has 3 rings (SSSR count). The minimum Gasteiger partial charge on any atom is -0.361 e. The van der Waals surface area contributed by atoms with Crippen molar-refractivity contribution in [3.05, 3.63) is 36.0 Å². The lowest BCUT2D eigenvalue weighted by atomic mass is 10.1. The third-order valence-electron chi connectivity index (χ3n) is 4.60. The first-order valence-electron chi connectivity index (χ1n) is 7.41. The minimum absolute atomic E-state index is 0.131. The number of carbonyl (C=O) groups is 1. The van der Waals surface area contributed by atoms with Crippen LogP contribution in [0.2, 0.25) is 0 Å². The lowest BCUT2D eigenvalue weighted by molar-refractivity contribution is 0.0739. The number of nitrogens with one attached hydrogen (secondary N) is 1. The van der Waals surface area contributed by atoms with Gasteiger partial charge in [0.25, 0.3) is 5.91 Å². The van der Waals surface area contributed by atoms with Crippen LogP contribution in [0.15, 0.2) is 30.5 Å². The Balaban J connectivity index is 1.93. The number of sulfone groups is 1. The van der Waals surface area contributed by atoms with Gasteiger partial charge in [-0.1, -0.05) is 12.1 Å². The summed E-state index contributed by atoms with van der Waals surface area (Å²) in [5, 5.41) is 0.523. The molecule has 0 unspecified atom stereocenters. The van der Waals surface area contributed by atoms with Gasteiger partial charge in [0.1, 0.15) is 0 Å². The van der Waals surface area contributed by atoms with E-state index in [4.69, 9.17) is 0 Å². The fourth-order valence-electron chi connectivity index (χ4n) is 3.45. The van der Waals surface area contributed by atoms with Crippen molar-refractivity contribution in [3.8, 4) is 0 Å². The van der Waals surface area contributed by atoms with Gasteiger partial charge in [-0.3, -0.25) is 4.79 Å². The molecule has 1 aliphatic rings. The molecule has 0 aliphatic heterocycles. The average Bonchev–Trinajstić information content (AvgIpc) is 3.12. The second-order valence-electron chi connectivity index (χ2n) is 6.03. The van der Waals surface area contributed by atoms with Crippen LogP contribution in [0.4, 0.5) is 0 Å². The summed E-state index contributed by atoms with van der Waals surface area (Å²) in [4.78, 5) is 17.5. The highest BCUT2D eigenvalue weighted by molar-refractivity contribution is 7.91. The molecule has 0 saturated heterocycles. The predicted molar refractivity (Wildman–Crippen MR) is 86.7 cm³/mol. The van der Waals surface area contributed by atoms with Gasteiger partial charge in [0.15, 0.2) is 9.84 Å². The standard InChI is InChI=1S/C16H20N2O3S/c1-18(13-7-4-8-14(13)22(2,20)21)16(19)12-6-3-5-11-9-10-17-15(11)12/h3,5-6,9-10,13-14,17H,4,7-8H2,1-2H3/t13-,14+/m0/s1. The summed E-state index contributed by atoms with van der Waals surface area (Å²) in [6, 6.07) is 7.24. The number of H-pyrrole nitrogens is 1. The van der Waals surface area contributed by atoms with E-state index >= 15 is 0 Å². The Kier molecular flexibility index (Phi) is 3.72. The van der Waals surface area contributed by atoms with Crippen molar-refractivity contribution in [1.29, 1.82) is 0 Å². The summed E-state index contributed by atoms with van der Waals surface area (Å²) >= 11 is 0. The number of para-hydroxylation sites is 1. The Bertz CT molecular complexity index is 810. The zero-order chi connectivity index (χ0) is 15.9. The number of rotatable bonds is 3. The third-order valence-corrected chi connectivity index (χ3v) is 6.25. The number of carbonyl (C=O) groups excluding carboxylic acids is 1. The van der Waals surface area contributed by atoms with Crippen LogP contribution >= 0.6 is 0 Å². The number of hydrogen-bond acceptors (Lipinski definition) is 3. The van der Waals surface area contributed by atoms with Crippen LogP contribution < -0.4 is 0 Å². The molecule has 0 spiro atoms. The Morgan fingerprint density at radius 2 is 2.05 bits per heavy atom. The molecule has 0 bridgehead atoms. The van der Waals surface area contributed by atoms with E-state index < -0.39 is 15.1 Å². The van der Waals surface area contributed by atoms with Crippen LogP contribution in [-0.4, -0.2) is 48.8 Å². The highest BCUT2D eigenvalue weighted by Gasteiger charge is 2.39. The molecule has 1 aromatic carbocycles. The minimum atomic E-state index is -3.15. The third kappa shape index (κ3) is 2.52. The number of fused-ring (bicyclic) bond motifs is 1. The zero-order valence-corrected chi connectivity index (χ0v) is 13.6. The summed E-state index contributed by atoms with van der Waals surface area (Å²) in [6.45, 7) is 0. The zero-order valence-electron chi connectivity index (χ0n) is 12.7. The van der Waals surface area contributed by atoms with Gasteiger partial charge < -0.3 is 9.88 Å². The Hall–Kier alpha value is -1.82. The van der Waals surface area contributed by atoms with E-state index in [0.717, 1.165) is 23.7 Å². The van der Waals surface area contributed by atoms with Gasteiger partial charge in [0, 0.05) is 30.9 Å². The molecule has 6 heteroatoms. The Labute approximate surface area is 130 Å². The van der Waals surface area contributed by atoms with Crippen molar-refractivity contribution in [3.63, 3.8) is 0 Å². The van der Waals surface area contributed by atoms with Gasteiger partial charge in [0.2, 0.25) is 0 Å². The van der Waals surface area contributed by atoms with Crippen molar-refractivity contribution in [1.82, 2.24) is 9.88 Å². The average molecular weight is 320 g/mol. The van der Waals surface area contributed by atoms with Crippen LogP contribution in [-0.2, 0) is 9.84 Å². The molecule has 1 saturated carbocycles. The molecule has 1 heterocycles. The first kappa shape index (κ1) is 15.1. The molecule has 1 amide bonds. The molecule has 22 heavy (non-hydrogen) atoms. The molecule has 1 fully saturated rings. The van der Waals surface area contributed by atoms with Crippen LogP contribution in [0, 0.1) is 0 Å². The summed E-state index contributed by atoms with van der Waals surface area (Å²) in [5.74, 6) is -0.131. The van der Waals surface area contributed by atoms with Gasteiger partial charge in [-0.15, -0.1) is 0 Å². The quantitative estimate of drug-likeness (QED) is 0.942. The van der Waals surface area contributed by atoms with Gasteiger partial charge in [-0.25, -0.2) is 8.42 Å². The van der Waals surface area contributed by atoms with Gasteiger partial charge in [-0.2, -0.15) is 0 Å². The lowest BCUT2D eigenvalue weighted by Crippen LogP contribution is -2.44. The SMILES string of the molecule is CN(C(=O)c1cccc2cc[nH]c12)[C@H]1CCC[C@H]1S(C)(=O)=O. The maximum absolute atomic E-state index is 12.8. The summed E-state index contributed by atoms with van der Waals surface area (Å²) in [5.41, 5.74) is 1.39. The molecule has 118 valence electrons. The van der Waals surface area contributed by atoms with E-state index in [1.165, 1.54) is 6.26 Å². The fraction of sp³-hybridized carbons (Fsp3) is 0.438. The number of nitrogens with zero attached hydrogens (tertiary/aromatic N) is 1. The van der Waals surface area contributed by atoms with E-state index in [1.807, 2.05) is 18.2 Å². The molecule has 2 aromatic rings. The van der Waals surface area contributed by atoms with Gasteiger partial charge in [0.05, 0.1) is 16.3 Å². The lowest BCUT2D eigenvalue weighted by Gasteiger charge is -2.29. The smallest absolute Gasteiger partial charge is 0.256 e. The number of hydrogen-bond donors (Lipinski definition) is 1. The van der Waals surface area contributed by atoms with Crippen LogP contribution in [0.3, 0.4) is 0 Å². The van der Waals surface area contributed by atoms with Crippen molar-refractivity contribution >= 4 is 26.6 Å². The molecular weight excluding hydrogens is 300 g/mol. The molecule has 5 nitrogen and oxygen atoms in total. The van der Waals surface area contributed by atoms with Crippen molar-refractivity contribution in [2.75, 3.05) is 13.3 Å². The normalized spacial score (nSPS) is 22.1. The summed E-state index contributed by atoms with van der Waals surface area (Å²) in [6.07, 6.45) is 5.28. The van der Waals surface area contributed by atoms with Gasteiger partial charge >= 0.3 is 0 Å². The van der Waals surface area contributed by atoms with E-state index in [2.05, 4.69) is 4.98 Å². The largest absolute Gasteiger partial charge is 0.361 e. The predicted octanol–water partition coefficient (Wildman–Crippen LogP) is 2.21. The molecule has 1 aliphatic carbocycles. The van der Waals surface area contributed by atoms with E-state index in [0.29, 0.717) is 12.0 Å². The maximum Gasteiger partial charge on any atom is 0.256 e. The van der Waals surface area contributed by atoms with Crippen LogP contribution in [0.5, 0.6) is 0 Å². The number of aromatic nitrogens is 1. The summed E-state index contributed by atoms with van der Waals surface area (Å²) < 4.78 is 23.9. The van der Waals surface area contributed by atoms with E-state index in [1.54, 1.807) is 24.2 Å². The van der Waals surface area contributed by atoms with Crippen LogP contribution in [0.1, 0.15) is 29.6 Å². The highest BCUT2D eigenvalue weighted by atomic mass is 32.2. The molecule has 0 radical (unpaired) electrons. The summed E-state index contributed by atoms with van der Waals surface area (Å²) in [7, 11) is -1.44. The van der Waals surface area contributed by atoms with E-state index in [-0.39, 0.29) is 11.9 Å². The monoisotopic (exact) mass is 320 g/mol. The van der Waals surface area contributed by atoms with Crippen molar-refractivity contribution < 1.29 is 13.2 Å². The second-order valence-corrected chi connectivity index (χ2v) is 8.29. The molecule has 2 atom stereocenters. The topological polar surface area (TPSA) is 70.2 Å². The molecule has 1 aromatic heterocycles. The fourth-order valence-corrected chi connectivity index (χ4v) is 4.94. The first-order valence-corrected chi connectivity index (χ1v) is 9.37. The van der Waals surface area contributed by atoms with Crippen LogP contribution in [0.25, 0.3) is 10.9 Å². The molecular formula is C16H20N2O3S. The Morgan fingerprint density at radius 1 is 1.27 bits per heavy atom. The maximum atomic E-state index is 12.8. The molecule has 1 N–H and O–H groups in total. The van der Waals surface area contributed by atoms with Crippen molar-refractivity contribution in [2.45, 2.75) is 30.6 Å². The number of aromatic amines is 1. The Morgan fingerprint density at radius 3 is 2.77 bits per heavy atom. The van der Waals surface area contributed by atoms with E-state index in [9.17, 15) is 13.2 Å². The van der Waals surface area contributed by atoms with Gasteiger partial charge in [-0.05, 0) is 31.4 Å². The second kappa shape index (κ2) is 5.43. The first-order chi connectivity index (χ1) is 10.4. The highest BCUT2D eigenvalue weighted by Crippen LogP contribution is 2.30. The van der Waals surface area contributed by atoms with Crippen molar-refractivity contribution in [2.24, 2.45) is 0 Å². The number of amides is 1.